The Morgan fingerprint density at radius 2 is 1.04 bits per heavy atom. The van der Waals surface area contributed by atoms with Gasteiger partial charge in [0.05, 0.1) is 43.5 Å². The first-order valence-electron chi connectivity index (χ1n) is 18.7. The first kappa shape index (κ1) is 29.4. The van der Waals surface area contributed by atoms with Gasteiger partial charge in [-0.2, -0.15) is 0 Å². The summed E-state index contributed by atoms with van der Waals surface area (Å²) < 4.78 is 7.12. The number of hydrogen-bond donors (Lipinski definition) is 0. The molecule has 0 fully saturated rings. The average Bonchev–Trinajstić information content (AvgIpc) is 3.99. The smallest absolute Gasteiger partial charge is 0.235 e. The number of rotatable bonds is 3. The summed E-state index contributed by atoms with van der Waals surface area (Å²) in [7, 11) is 0. The summed E-state index contributed by atoms with van der Waals surface area (Å²) in [5, 5.41) is 11.2. The Bertz CT molecular complexity index is 3700. The van der Waals surface area contributed by atoms with Crippen molar-refractivity contribution >= 4 is 102 Å². The molecule has 5 heterocycles. The lowest BCUT2D eigenvalue weighted by Gasteiger charge is -2.11. The molecule has 0 spiro atoms. The Morgan fingerprint density at radius 3 is 1.89 bits per heavy atom. The Morgan fingerprint density at radius 1 is 0.400 bits per heavy atom. The lowest BCUT2D eigenvalue weighted by molar-refractivity contribution is 1.02. The van der Waals surface area contributed by atoms with Gasteiger partial charge in [0, 0.05) is 53.4 Å². The second-order valence-corrected chi connectivity index (χ2v) is 15.6. The predicted molar refractivity (Wildman–Crippen MR) is 232 cm³/mol. The van der Waals surface area contributed by atoms with Crippen LogP contribution in [0.15, 0.2) is 170 Å². The molecule has 0 atom stereocenters. The van der Waals surface area contributed by atoms with E-state index in [1.807, 2.05) is 0 Å². The number of thiophene rings is 1. The third kappa shape index (κ3) is 3.89. The van der Waals surface area contributed by atoms with Gasteiger partial charge in [-0.15, -0.1) is 11.3 Å². The number of aromatic nitrogens is 4. The molecule has 0 radical (unpaired) electrons. The van der Waals surface area contributed by atoms with Gasteiger partial charge in [0.2, 0.25) is 5.95 Å². The molecule has 0 aliphatic carbocycles. The molecule has 0 saturated carbocycles. The molecular formula is C50H28N4S. The first-order valence-corrected chi connectivity index (χ1v) is 19.5. The zero-order valence-corrected chi connectivity index (χ0v) is 30.2. The van der Waals surface area contributed by atoms with Crippen molar-refractivity contribution < 1.29 is 0 Å². The highest BCUT2D eigenvalue weighted by molar-refractivity contribution is 7.26. The van der Waals surface area contributed by atoms with Crippen LogP contribution in [0.25, 0.3) is 119 Å². The van der Waals surface area contributed by atoms with E-state index in [0.717, 1.165) is 37.9 Å². The third-order valence-electron chi connectivity index (χ3n) is 11.7. The number of hydrogen-bond acceptors (Lipinski definition) is 3. The largest absolute Gasteiger partial charge is 0.307 e. The molecule has 13 aromatic rings. The minimum absolute atomic E-state index is 0.674. The monoisotopic (exact) mass is 716 g/mol. The van der Waals surface area contributed by atoms with E-state index >= 15 is 0 Å². The normalized spacial score (nSPS) is 12.4. The van der Waals surface area contributed by atoms with Crippen LogP contribution in [0.2, 0.25) is 0 Å². The van der Waals surface area contributed by atoms with Crippen molar-refractivity contribution in [1.82, 2.24) is 18.9 Å². The highest BCUT2D eigenvalue weighted by Crippen LogP contribution is 2.46. The topological polar surface area (TPSA) is 35.1 Å². The molecule has 5 heteroatoms. The van der Waals surface area contributed by atoms with Crippen LogP contribution >= 0.6 is 11.3 Å². The van der Waals surface area contributed by atoms with E-state index in [1.54, 1.807) is 11.3 Å². The number of fused-ring (bicyclic) bond motifs is 15. The molecule has 0 N–H and O–H groups in total. The van der Waals surface area contributed by atoms with E-state index in [2.05, 4.69) is 179 Å². The van der Waals surface area contributed by atoms with E-state index < -0.39 is 0 Å². The number of para-hydroxylation sites is 3. The molecule has 254 valence electrons. The fraction of sp³-hybridized carbons (Fsp3) is 0. The second kappa shape index (κ2) is 10.8. The Labute approximate surface area is 318 Å². The van der Waals surface area contributed by atoms with Crippen LogP contribution in [-0.2, 0) is 0 Å². The van der Waals surface area contributed by atoms with Gasteiger partial charge in [-0.1, -0.05) is 146 Å². The minimum Gasteiger partial charge on any atom is -0.307 e. The van der Waals surface area contributed by atoms with Gasteiger partial charge in [0.1, 0.15) is 0 Å². The van der Waals surface area contributed by atoms with Crippen molar-refractivity contribution in [3.63, 3.8) is 0 Å². The number of benzene rings is 8. The quantitative estimate of drug-likeness (QED) is 0.182. The van der Waals surface area contributed by atoms with Gasteiger partial charge in [0.25, 0.3) is 0 Å². The first-order chi connectivity index (χ1) is 27.3. The Hall–Kier alpha value is -7.08. The SMILES string of the molecule is c1ccc(-c2ccc(-c3nc(-n4c5ccccc5c5c6c(ccc7c8cccc9c%10ccccc%10n(c98)c76)ccc54)nc4c3sc3ccccc34)cc2)cc1. The highest BCUT2D eigenvalue weighted by Gasteiger charge is 2.24. The van der Waals surface area contributed by atoms with Crippen molar-refractivity contribution in [3.05, 3.63) is 170 Å². The van der Waals surface area contributed by atoms with Gasteiger partial charge in [-0.25, -0.2) is 9.97 Å². The third-order valence-corrected chi connectivity index (χ3v) is 12.8. The Kier molecular flexibility index (Phi) is 5.74. The molecule has 0 saturated heterocycles. The molecule has 0 amide bonds. The molecule has 0 aliphatic rings. The molecule has 13 rings (SSSR count). The van der Waals surface area contributed by atoms with Gasteiger partial charge in [0.15, 0.2) is 0 Å². The summed E-state index contributed by atoms with van der Waals surface area (Å²) in [5.74, 6) is 0.674. The van der Waals surface area contributed by atoms with E-state index in [9.17, 15) is 0 Å². The van der Waals surface area contributed by atoms with Crippen LogP contribution in [-0.4, -0.2) is 18.9 Å². The molecule has 5 aromatic heterocycles. The molecular weight excluding hydrogens is 689 g/mol. The molecule has 4 nitrogen and oxygen atoms in total. The van der Waals surface area contributed by atoms with Crippen molar-refractivity contribution in [2.24, 2.45) is 0 Å². The molecule has 0 aliphatic heterocycles. The second-order valence-electron chi connectivity index (χ2n) is 14.5. The summed E-state index contributed by atoms with van der Waals surface area (Å²) in [5.41, 5.74) is 11.3. The summed E-state index contributed by atoms with van der Waals surface area (Å²) in [6.45, 7) is 0. The maximum Gasteiger partial charge on any atom is 0.235 e. The lowest BCUT2D eigenvalue weighted by Crippen LogP contribution is -2.02. The maximum atomic E-state index is 5.52. The predicted octanol–water partition coefficient (Wildman–Crippen LogP) is 13.6. The van der Waals surface area contributed by atoms with Crippen molar-refractivity contribution in [1.29, 1.82) is 0 Å². The molecule has 0 unspecified atom stereocenters. The molecule has 8 aromatic carbocycles. The van der Waals surface area contributed by atoms with Gasteiger partial charge >= 0.3 is 0 Å². The van der Waals surface area contributed by atoms with E-state index in [-0.39, 0.29) is 0 Å². The van der Waals surface area contributed by atoms with Crippen molar-refractivity contribution in [2.75, 3.05) is 0 Å². The number of nitrogens with zero attached hydrogens (tertiary/aromatic N) is 4. The fourth-order valence-electron chi connectivity index (χ4n) is 9.32. The van der Waals surface area contributed by atoms with Crippen LogP contribution in [0.4, 0.5) is 0 Å². The zero-order valence-electron chi connectivity index (χ0n) is 29.4. The van der Waals surface area contributed by atoms with Gasteiger partial charge < -0.3 is 4.40 Å². The van der Waals surface area contributed by atoms with E-state index in [4.69, 9.17) is 9.97 Å². The van der Waals surface area contributed by atoms with Crippen molar-refractivity contribution in [3.8, 4) is 28.3 Å². The summed E-state index contributed by atoms with van der Waals surface area (Å²) in [6, 6.07) is 61.5. The van der Waals surface area contributed by atoms with Crippen LogP contribution in [0, 0.1) is 0 Å². The zero-order chi connectivity index (χ0) is 35.8. The summed E-state index contributed by atoms with van der Waals surface area (Å²) >= 11 is 1.77. The van der Waals surface area contributed by atoms with Crippen LogP contribution < -0.4 is 0 Å². The molecule has 0 bridgehead atoms. The van der Waals surface area contributed by atoms with E-state index in [1.165, 1.54) is 75.5 Å². The summed E-state index contributed by atoms with van der Waals surface area (Å²) in [6.07, 6.45) is 0. The minimum atomic E-state index is 0.674. The highest BCUT2D eigenvalue weighted by atomic mass is 32.1. The van der Waals surface area contributed by atoms with Gasteiger partial charge in [-0.05, 0) is 40.8 Å². The van der Waals surface area contributed by atoms with Gasteiger partial charge in [-0.3, -0.25) is 4.57 Å². The van der Waals surface area contributed by atoms with Crippen LogP contribution in [0.1, 0.15) is 0 Å². The van der Waals surface area contributed by atoms with Crippen LogP contribution in [0.3, 0.4) is 0 Å². The standard InChI is InChI=1S/C50H28N4S/c1-2-11-29(12-3-1)30-21-23-32(24-22-30)45-49-46(38-15-6-9-20-42(38)55-49)52-50(51-45)53-40-19-8-5-14-37(40)44-41(53)28-26-31-25-27-36-35-17-10-16-34-33-13-4-7-18-39(33)54(47(34)35)48(36)43(31)44/h1-28H. The lowest BCUT2D eigenvalue weighted by atomic mass is 10.00. The summed E-state index contributed by atoms with van der Waals surface area (Å²) in [4.78, 5) is 11.0. The fourth-order valence-corrected chi connectivity index (χ4v) is 10.5. The van der Waals surface area contributed by atoms with E-state index in [0.29, 0.717) is 5.95 Å². The Balaban J connectivity index is 1.16. The van der Waals surface area contributed by atoms with Crippen LogP contribution in [0.5, 0.6) is 0 Å². The maximum absolute atomic E-state index is 5.52. The molecule has 55 heavy (non-hydrogen) atoms. The van der Waals surface area contributed by atoms with Crippen molar-refractivity contribution in [2.45, 2.75) is 0 Å². The average molecular weight is 717 g/mol.